The molecule has 0 bridgehead atoms. The summed E-state index contributed by atoms with van der Waals surface area (Å²) in [5.74, 6) is 7.56. The quantitative estimate of drug-likeness (QED) is 0.130. The van der Waals surface area contributed by atoms with Crippen molar-refractivity contribution < 1.29 is 32.9 Å². The summed E-state index contributed by atoms with van der Waals surface area (Å²) in [5.41, 5.74) is 1.68. The number of aromatic nitrogens is 3. The highest BCUT2D eigenvalue weighted by Crippen LogP contribution is 2.51. The number of hydrogen-bond acceptors (Lipinski definition) is 10. The van der Waals surface area contributed by atoms with Crippen molar-refractivity contribution in [2.75, 3.05) is 19.6 Å². The fraction of sp³-hybridized carbons (Fsp3) is 0.553. The fourth-order valence-electron chi connectivity index (χ4n) is 5.97. The number of hydroxylamine groups is 2. The fourth-order valence-corrected chi connectivity index (χ4v) is 7.31. The van der Waals surface area contributed by atoms with Crippen LogP contribution in [0.3, 0.4) is 0 Å². The molecule has 2 unspecified atom stereocenters. The Morgan fingerprint density at radius 2 is 1.75 bits per heavy atom. The molecule has 1 aliphatic heterocycles. The van der Waals surface area contributed by atoms with Gasteiger partial charge in [0, 0.05) is 61.6 Å². The third-order valence-corrected chi connectivity index (χ3v) is 14.4. The summed E-state index contributed by atoms with van der Waals surface area (Å²) in [6.07, 6.45) is 2.91. The number of nitrogens with one attached hydrogen (secondary N) is 1. The maximum absolute atomic E-state index is 12.7. The summed E-state index contributed by atoms with van der Waals surface area (Å²) in [4.78, 5) is 45.9. The zero-order chi connectivity index (χ0) is 37.3. The van der Waals surface area contributed by atoms with E-state index in [9.17, 15) is 14.4 Å². The number of nitrogens with zero attached hydrogens (tertiary/aromatic N) is 4. The Kier molecular flexibility index (Phi) is 11.0. The van der Waals surface area contributed by atoms with Crippen molar-refractivity contribution in [1.82, 2.24) is 25.1 Å². The lowest BCUT2D eigenvalue weighted by atomic mass is 10.1. The van der Waals surface area contributed by atoms with Gasteiger partial charge in [0.05, 0.1) is 6.04 Å². The number of fused-ring (bicyclic) bond motifs is 1. The van der Waals surface area contributed by atoms with Crippen molar-refractivity contribution in [2.45, 2.75) is 97.7 Å². The molecule has 274 valence electrons. The zero-order valence-corrected chi connectivity index (χ0v) is 32.4. The number of benzene rings is 1. The molecule has 0 spiro atoms. The number of carbonyl (C=O) groups is 3. The summed E-state index contributed by atoms with van der Waals surface area (Å²) in [7, 11) is -2.11. The third-order valence-electron chi connectivity index (χ3n) is 9.86. The number of imidazole rings is 1. The van der Waals surface area contributed by atoms with E-state index in [0.29, 0.717) is 36.4 Å². The minimum Gasteiger partial charge on any atom is -0.444 e. The average molecular weight is 718 g/mol. The largest absolute Gasteiger partial charge is 0.444 e. The number of ketones is 1. The van der Waals surface area contributed by atoms with Crippen LogP contribution in [0.25, 0.3) is 11.3 Å². The van der Waals surface area contributed by atoms with Gasteiger partial charge in [-0.3, -0.25) is 4.79 Å². The van der Waals surface area contributed by atoms with Gasteiger partial charge in [-0.05, 0) is 81.9 Å². The summed E-state index contributed by atoms with van der Waals surface area (Å²) in [6.45, 7) is 21.5. The van der Waals surface area contributed by atoms with Gasteiger partial charge in [-0.15, -0.1) is 5.06 Å². The molecular weight excluding hydrogens is 667 g/mol. The van der Waals surface area contributed by atoms with Crippen LogP contribution in [0, 0.1) is 29.6 Å². The van der Waals surface area contributed by atoms with Crippen LogP contribution in [0.1, 0.15) is 91.0 Å². The Bertz CT molecular complexity index is 1780. The molecule has 3 aromatic rings. The van der Waals surface area contributed by atoms with Crippen LogP contribution in [0.15, 0.2) is 47.2 Å². The van der Waals surface area contributed by atoms with Crippen LogP contribution in [-0.4, -0.2) is 71.2 Å². The first-order chi connectivity index (χ1) is 23.9. The van der Waals surface area contributed by atoms with Crippen molar-refractivity contribution in [1.29, 1.82) is 0 Å². The Balaban J connectivity index is 1.29. The van der Waals surface area contributed by atoms with E-state index < -0.39 is 37.8 Å². The predicted molar refractivity (Wildman–Crippen MR) is 194 cm³/mol. The first-order valence-electron chi connectivity index (χ1n) is 17.6. The summed E-state index contributed by atoms with van der Waals surface area (Å²) >= 11 is 0. The minimum atomic E-state index is -2.11. The first kappa shape index (κ1) is 38.0. The van der Waals surface area contributed by atoms with Gasteiger partial charge in [0.2, 0.25) is 5.78 Å². The van der Waals surface area contributed by atoms with Gasteiger partial charge in [-0.1, -0.05) is 44.7 Å². The highest BCUT2D eigenvalue weighted by atomic mass is 28.4. The normalized spacial score (nSPS) is 20.1. The molecule has 5 rings (SSSR count). The number of ether oxygens (including phenoxy) is 1. The van der Waals surface area contributed by atoms with E-state index in [1.165, 1.54) is 0 Å². The molecular formula is C38H51N5O7Si. The van der Waals surface area contributed by atoms with Crippen molar-refractivity contribution >= 4 is 26.2 Å². The van der Waals surface area contributed by atoms with Crippen LogP contribution >= 0.6 is 0 Å². The topological polar surface area (TPSA) is 138 Å². The minimum absolute atomic E-state index is 0.0205. The van der Waals surface area contributed by atoms with Crippen molar-refractivity contribution in [3.63, 3.8) is 0 Å². The van der Waals surface area contributed by atoms with E-state index in [4.69, 9.17) is 18.5 Å². The highest BCUT2D eigenvalue weighted by molar-refractivity contribution is 6.74. The molecule has 0 radical (unpaired) electrons. The van der Waals surface area contributed by atoms with Crippen LogP contribution in [0.2, 0.25) is 18.1 Å². The van der Waals surface area contributed by atoms with E-state index >= 15 is 0 Å². The number of alkyl carbamates (subject to hydrolysis) is 1. The molecule has 51 heavy (non-hydrogen) atoms. The lowest BCUT2D eigenvalue weighted by Crippen LogP contribution is -2.42. The highest BCUT2D eigenvalue weighted by Gasteiger charge is 2.56. The number of piperidine rings is 1. The first-order valence-corrected chi connectivity index (χ1v) is 20.5. The van der Waals surface area contributed by atoms with Crippen LogP contribution in [0.5, 0.6) is 0 Å². The van der Waals surface area contributed by atoms with Gasteiger partial charge >= 0.3 is 12.1 Å². The summed E-state index contributed by atoms with van der Waals surface area (Å²) in [5, 5.41) is 8.95. The molecule has 1 N–H and O–H groups in total. The van der Waals surface area contributed by atoms with Gasteiger partial charge < -0.3 is 28.4 Å². The number of amides is 1. The summed E-state index contributed by atoms with van der Waals surface area (Å²) in [6, 6.07) is 9.21. The predicted octanol–water partition coefficient (Wildman–Crippen LogP) is 6.70. The SMILES string of the molecule is CCC(=O)C(=O)ON1CC2C(C#Cc3ccc(-c4cc([C@@H](CNC(=O)OC(C)(C)C)n5ccnc5[C@H](C)O[Si](C)(C)C(C)(C)C)no4)cc3)C2C1. The Morgan fingerprint density at radius 1 is 1.08 bits per heavy atom. The number of Topliss-reactive ketones (excluding diaryl/α,β-unsaturated/α-hetero) is 1. The van der Waals surface area contributed by atoms with E-state index in [1.54, 1.807) is 18.2 Å². The molecule has 2 fully saturated rings. The Labute approximate surface area is 301 Å². The molecule has 1 amide bonds. The molecule has 13 heteroatoms. The number of rotatable bonds is 11. The van der Waals surface area contributed by atoms with Gasteiger partial charge in [-0.2, -0.15) is 0 Å². The van der Waals surface area contributed by atoms with Crippen LogP contribution < -0.4 is 5.32 Å². The second kappa shape index (κ2) is 14.8. The van der Waals surface area contributed by atoms with Gasteiger partial charge in [0.25, 0.3) is 0 Å². The number of carbonyl (C=O) groups excluding carboxylic acids is 3. The summed E-state index contributed by atoms with van der Waals surface area (Å²) < 4.78 is 20.0. The molecule has 1 aromatic carbocycles. The number of hydrogen-bond donors (Lipinski definition) is 1. The zero-order valence-electron chi connectivity index (χ0n) is 31.4. The molecule has 4 atom stereocenters. The van der Waals surface area contributed by atoms with E-state index in [-0.39, 0.29) is 30.0 Å². The Morgan fingerprint density at radius 3 is 2.35 bits per heavy atom. The maximum atomic E-state index is 12.7. The van der Waals surface area contributed by atoms with E-state index in [1.807, 2.05) is 68.8 Å². The van der Waals surface area contributed by atoms with Gasteiger partial charge in [-0.25, -0.2) is 14.6 Å². The standard InChI is InChI=1S/C38H51N5O7Si/c1-11-32(44)35(45)49-42-22-28-27(29(28)23-42)17-14-25-12-15-26(16-13-25)33-20-30(41-48-33)31(21-40-36(46)47-37(3,4)5)43-19-18-39-34(43)24(2)50-51(9,10)38(6,7)8/h12-13,15-16,18-20,24,27-29,31H,11,21-23H2,1-10H3,(H,40,46)/t24-,27?,28?,29?,31+/m0/s1. The van der Waals surface area contributed by atoms with E-state index in [0.717, 1.165) is 17.0 Å². The molecule has 12 nitrogen and oxygen atoms in total. The lowest BCUT2D eigenvalue weighted by Gasteiger charge is -2.38. The lowest BCUT2D eigenvalue weighted by molar-refractivity contribution is -0.190. The van der Waals surface area contributed by atoms with Crippen LogP contribution in [0.4, 0.5) is 4.79 Å². The molecule has 2 aliphatic rings. The van der Waals surface area contributed by atoms with Gasteiger partial charge in [0.1, 0.15) is 23.2 Å². The monoisotopic (exact) mass is 717 g/mol. The average Bonchev–Trinajstić information content (AvgIpc) is 3.54. The molecule has 2 aromatic heterocycles. The van der Waals surface area contributed by atoms with Crippen molar-refractivity contribution in [3.05, 3.63) is 59.8 Å². The van der Waals surface area contributed by atoms with Crippen LogP contribution in [-0.2, 0) is 23.6 Å². The smallest absolute Gasteiger partial charge is 0.407 e. The van der Waals surface area contributed by atoms with Crippen molar-refractivity contribution in [3.8, 4) is 23.2 Å². The third kappa shape index (κ3) is 9.16. The second-order valence-electron chi connectivity index (χ2n) is 15.9. The van der Waals surface area contributed by atoms with E-state index in [2.05, 4.69) is 61.2 Å². The van der Waals surface area contributed by atoms with Crippen molar-refractivity contribution in [2.24, 2.45) is 17.8 Å². The molecule has 3 heterocycles. The molecule has 1 saturated carbocycles. The van der Waals surface area contributed by atoms with Gasteiger partial charge in [0.15, 0.2) is 14.1 Å². The molecule has 1 saturated heterocycles. The molecule has 1 aliphatic carbocycles. The maximum Gasteiger partial charge on any atom is 0.407 e. The second-order valence-corrected chi connectivity index (χ2v) is 20.7. The Hall–Kier alpha value is -4.25.